The SMILES string of the molecule is COc1ccc(CCNC(=O)c2cn(-c3ccc(F)cc3F)c(=O)c3ccccc23)cc1OC. The molecule has 4 rings (SSSR count). The highest BCUT2D eigenvalue weighted by Crippen LogP contribution is 2.27. The van der Waals surface area contributed by atoms with Crippen LogP contribution in [0.3, 0.4) is 0 Å². The number of aromatic nitrogens is 1. The maximum atomic E-state index is 14.4. The van der Waals surface area contributed by atoms with Crippen molar-refractivity contribution >= 4 is 16.7 Å². The van der Waals surface area contributed by atoms with Crippen LogP contribution in [0.15, 0.2) is 71.7 Å². The van der Waals surface area contributed by atoms with E-state index in [0.717, 1.165) is 16.2 Å². The average molecular weight is 464 g/mol. The van der Waals surface area contributed by atoms with Gasteiger partial charge in [-0.2, -0.15) is 0 Å². The Morgan fingerprint density at radius 2 is 1.68 bits per heavy atom. The molecule has 6 nitrogen and oxygen atoms in total. The third-order valence-electron chi connectivity index (χ3n) is 5.49. The fourth-order valence-corrected chi connectivity index (χ4v) is 3.78. The molecule has 8 heteroatoms. The van der Waals surface area contributed by atoms with E-state index < -0.39 is 23.1 Å². The Hall–Kier alpha value is -4.20. The van der Waals surface area contributed by atoms with Crippen LogP contribution in [0, 0.1) is 11.6 Å². The molecule has 1 amide bonds. The first-order valence-electron chi connectivity index (χ1n) is 10.5. The summed E-state index contributed by atoms with van der Waals surface area (Å²) in [6, 6.07) is 15.0. The summed E-state index contributed by atoms with van der Waals surface area (Å²) in [6.07, 6.45) is 1.81. The second kappa shape index (κ2) is 9.74. The van der Waals surface area contributed by atoms with E-state index in [-0.39, 0.29) is 16.6 Å². The van der Waals surface area contributed by atoms with Crippen molar-refractivity contribution in [2.75, 3.05) is 20.8 Å². The van der Waals surface area contributed by atoms with Crippen LogP contribution in [0.2, 0.25) is 0 Å². The summed E-state index contributed by atoms with van der Waals surface area (Å²) in [7, 11) is 3.10. The summed E-state index contributed by atoms with van der Waals surface area (Å²) >= 11 is 0. The van der Waals surface area contributed by atoms with E-state index >= 15 is 0 Å². The van der Waals surface area contributed by atoms with Gasteiger partial charge in [-0.3, -0.25) is 14.2 Å². The van der Waals surface area contributed by atoms with E-state index in [1.807, 2.05) is 12.1 Å². The van der Waals surface area contributed by atoms with Crippen LogP contribution in [0.5, 0.6) is 11.5 Å². The third kappa shape index (κ3) is 4.47. The molecule has 0 fully saturated rings. The van der Waals surface area contributed by atoms with E-state index in [0.29, 0.717) is 35.9 Å². The summed E-state index contributed by atoms with van der Waals surface area (Å²) in [5.74, 6) is -0.892. The lowest BCUT2D eigenvalue weighted by atomic mass is 10.1. The highest BCUT2D eigenvalue weighted by molar-refractivity contribution is 6.06. The molecule has 174 valence electrons. The van der Waals surface area contributed by atoms with Crippen molar-refractivity contribution in [3.05, 3.63) is 100.0 Å². The standard InChI is InChI=1S/C26H22F2N2O4/c1-33-23-10-7-16(13-24(23)34-2)11-12-29-25(31)20-15-30(22-9-8-17(27)14-21(22)28)26(32)19-6-4-3-5-18(19)20/h3-10,13-15H,11-12H2,1-2H3,(H,29,31). The van der Waals surface area contributed by atoms with E-state index in [4.69, 9.17) is 9.47 Å². The number of fused-ring (bicyclic) bond motifs is 1. The molecule has 1 heterocycles. The summed E-state index contributed by atoms with van der Waals surface area (Å²) in [5.41, 5.74) is 0.479. The van der Waals surface area contributed by atoms with Gasteiger partial charge in [0.15, 0.2) is 11.5 Å². The van der Waals surface area contributed by atoms with Crippen molar-refractivity contribution in [3.63, 3.8) is 0 Å². The van der Waals surface area contributed by atoms with Gasteiger partial charge in [-0.1, -0.05) is 24.3 Å². The second-order valence-electron chi connectivity index (χ2n) is 7.55. The molecule has 0 bridgehead atoms. The Bertz CT molecular complexity index is 1430. The van der Waals surface area contributed by atoms with Gasteiger partial charge < -0.3 is 14.8 Å². The van der Waals surface area contributed by atoms with Gasteiger partial charge in [0, 0.05) is 29.6 Å². The predicted molar refractivity (Wildman–Crippen MR) is 125 cm³/mol. The Kier molecular flexibility index (Phi) is 6.58. The minimum absolute atomic E-state index is 0.142. The van der Waals surface area contributed by atoms with Gasteiger partial charge in [-0.05, 0) is 42.3 Å². The highest BCUT2D eigenvalue weighted by Gasteiger charge is 2.17. The van der Waals surface area contributed by atoms with Crippen LogP contribution in [-0.2, 0) is 6.42 Å². The van der Waals surface area contributed by atoms with E-state index in [1.54, 1.807) is 44.6 Å². The molecule has 0 aliphatic heterocycles. The monoisotopic (exact) mass is 464 g/mol. The van der Waals surface area contributed by atoms with Crippen LogP contribution >= 0.6 is 0 Å². The van der Waals surface area contributed by atoms with Gasteiger partial charge in [0.05, 0.1) is 25.5 Å². The minimum Gasteiger partial charge on any atom is -0.493 e. The topological polar surface area (TPSA) is 69.6 Å². The Morgan fingerprint density at radius 3 is 2.38 bits per heavy atom. The third-order valence-corrected chi connectivity index (χ3v) is 5.49. The zero-order chi connectivity index (χ0) is 24.2. The van der Waals surface area contributed by atoms with Crippen LogP contribution in [0.25, 0.3) is 16.5 Å². The zero-order valence-electron chi connectivity index (χ0n) is 18.6. The first kappa shape index (κ1) is 23.0. The number of halogens is 2. The number of methoxy groups -OCH3 is 2. The maximum absolute atomic E-state index is 14.4. The molecule has 0 aliphatic carbocycles. The number of amides is 1. The molecule has 34 heavy (non-hydrogen) atoms. The number of nitrogens with one attached hydrogen (secondary N) is 1. The molecule has 0 radical (unpaired) electrons. The Morgan fingerprint density at radius 1 is 0.941 bits per heavy atom. The van der Waals surface area contributed by atoms with Crippen LogP contribution in [0.1, 0.15) is 15.9 Å². The number of hydrogen-bond donors (Lipinski definition) is 1. The molecular weight excluding hydrogens is 442 g/mol. The second-order valence-corrected chi connectivity index (χ2v) is 7.55. The minimum atomic E-state index is -0.905. The molecule has 3 aromatic carbocycles. The number of carbonyl (C=O) groups excluding carboxylic acids is 1. The molecule has 0 aliphatic rings. The summed E-state index contributed by atoms with van der Waals surface area (Å²) in [6.45, 7) is 0.312. The lowest BCUT2D eigenvalue weighted by Gasteiger charge is -2.14. The van der Waals surface area contributed by atoms with Crippen molar-refractivity contribution in [3.8, 4) is 17.2 Å². The average Bonchev–Trinajstić information content (AvgIpc) is 2.84. The fraction of sp³-hybridized carbons (Fsp3) is 0.154. The normalized spacial score (nSPS) is 10.8. The van der Waals surface area contributed by atoms with Crippen molar-refractivity contribution in [1.82, 2.24) is 9.88 Å². The lowest BCUT2D eigenvalue weighted by Crippen LogP contribution is -2.29. The molecule has 1 N–H and O–H groups in total. The summed E-state index contributed by atoms with van der Waals surface area (Å²) in [5, 5.41) is 3.54. The van der Waals surface area contributed by atoms with Crippen molar-refractivity contribution in [2.24, 2.45) is 0 Å². The number of benzene rings is 3. The van der Waals surface area contributed by atoms with E-state index in [1.165, 1.54) is 12.3 Å². The Balaban J connectivity index is 1.64. The van der Waals surface area contributed by atoms with Gasteiger partial charge in [-0.25, -0.2) is 8.78 Å². The van der Waals surface area contributed by atoms with Gasteiger partial charge in [0.2, 0.25) is 0 Å². The summed E-state index contributed by atoms with van der Waals surface area (Å²) < 4.78 is 39.4. The molecule has 0 saturated carbocycles. The lowest BCUT2D eigenvalue weighted by molar-refractivity contribution is 0.0955. The quantitative estimate of drug-likeness (QED) is 0.444. The van der Waals surface area contributed by atoms with Crippen molar-refractivity contribution in [1.29, 1.82) is 0 Å². The van der Waals surface area contributed by atoms with E-state index in [2.05, 4.69) is 5.32 Å². The molecule has 0 saturated heterocycles. The Labute approximate surface area is 194 Å². The highest BCUT2D eigenvalue weighted by atomic mass is 19.1. The number of carbonyl (C=O) groups is 1. The largest absolute Gasteiger partial charge is 0.493 e. The van der Waals surface area contributed by atoms with Gasteiger partial charge >= 0.3 is 0 Å². The predicted octanol–water partition coefficient (Wildman–Crippen LogP) is 4.26. The van der Waals surface area contributed by atoms with Crippen LogP contribution in [-0.4, -0.2) is 31.2 Å². The number of nitrogens with zero attached hydrogens (tertiary/aromatic N) is 1. The number of rotatable bonds is 7. The molecule has 4 aromatic rings. The van der Waals surface area contributed by atoms with Gasteiger partial charge in [0.1, 0.15) is 11.6 Å². The molecule has 0 spiro atoms. The molecule has 0 atom stereocenters. The van der Waals surface area contributed by atoms with Crippen LogP contribution in [0.4, 0.5) is 8.78 Å². The number of pyridine rings is 1. The van der Waals surface area contributed by atoms with E-state index in [9.17, 15) is 18.4 Å². The zero-order valence-corrected chi connectivity index (χ0v) is 18.6. The van der Waals surface area contributed by atoms with Gasteiger partial charge in [0.25, 0.3) is 11.5 Å². The molecular formula is C26H22F2N2O4. The molecule has 1 aromatic heterocycles. The number of ether oxygens (including phenoxy) is 2. The smallest absolute Gasteiger partial charge is 0.263 e. The summed E-state index contributed by atoms with van der Waals surface area (Å²) in [4.78, 5) is 26.1. The first-order chi connectivity index (χ1) is 16.4. The van der Waals surface area contributed by atoms with Crippen molar-refractivity contribution < 1.29 is 23.0 Å². The number of hydrogen-bond acceptors (Lipinski definition) is 4. The fourth-order valence-electron chi connectivity index (χ4n) is 3.78. The maximum Gasteiger partial charge on any atom is 0.263 e. The van der Waals surface area contributed by atoms with Crippen LogP contribution < -0.4 is 20.3 Å². The van der Waals surface area contributed by atoms with Crippen molar-refractivity contribution in [2.45, 2.75) is 6.42 Å². The van der Waals surface area contributed by atoms with Gasteiger partial charge in [-0.15, -0.1) is 0 Å². The molecule has 0 unspecified atom stereocenters. The first-order valence-corrected chi connectivity index (χ1v) is 10.5.